The molecule has 1 heterocycles. The van der Waals surface area contributed by atoms with E-state index in [0.29, 0.717) is 29.5 Å². The number of aromatic amines is 1. The fourth-order valence-electron chi connectivity index (χ4n) is 2.67. The second kappa shape index (κ2) is 8.80. The van der Waals surface area contributed by atoms with E-state index in [1.54, 1.807) is 26.4 Å². The average molecular weight is 487 g/mol. The highest BCUT2D eigenvalue weighted by molar-refractivity contribution is 14.1. The number of hydrogen-bond acceptors (Lipinski definition) is 5. The molecule has 0 aliphatic rings. The molecule has 0 bridgehead atoms. The van der Waals surface area contributed by atoms with Gasteiger partial charge < -0.3 is 19.2 Å². The number of nitrogens with one attached hydrogen (secondary N) is 1. The third kappa shape index (κ3) is 4.12. The Morgan fingerprint density at radius 1 is 1.29 bits per heavy atom. The van der Waals surface area contributed by atoms with E-state index in [9.17, 15) is 5.26 Å². The molecule has 3 aromatic rings. The SMILES string of the molecule is C=CCOc1c(I)cc(/C=C(\C#N)c2nc3ccc(OC)cc3[nH]2)cc1OC. The Bertz CT molecular complexity index is 1100. The minimum absolute atomic E-state index is 0.382. The van der Waals surface area contributed by atoms with Crippen LogP contribution < -0.4 is 14.2 Å². The van der Waals surface area contributed by atoms with Crippen LogP contribution in [0.15, 0.2) is 43.0 Å². The molecule has 142 valence electrons. The van der Waals surface area contributed by atoms with Crippen LogP contribution in [0.2, 0.25) is 0 Å². The molecule has 0 unspecified atom stereocenters. The smallest absolute Gasteiger partial charge is 0.174 e. The number of allylic oxidation sites excluding steroid dienone is 1. The second-order valence-electron chi connectivity index (χ2n) is 5.77. The van der Waals surface area contributed by atoms with E-state index in [0.717, 1.165) is 25.9 Å². The first kappa shape index (κ1) is 19.8. The molecule has 0 radical (unpaired) electrons. The number of nitrogens with zero attached hydrogens (tertiary/aromatic N) is 2. The minimum atomic E-state index is 0.382. The van der Waals surface area contributed by atoms with Crippen molar-refractivity contribution in [2.75, 3.05) is 20.8 Å². The van der Waals surface area contributed by atoms with Crippen LogP contribution in [0.5, 0.6) is 17.2 Å². The molecule has 6 nitrogen and oxygen atoms in total. The number of hydrogen-bond donors (Lipinski definition) is 1. The third-order valence-corrected chi connectivity index (χ3v) is 4.77. The molecule has 0 saturated heterocycles. The monoisotopic (exact) mass is 487 g/mol. The van der Waals surface area contributed by atoms with Gasteiger partial charge in [-0.25, -0.2) is 4.98 Å². The fourth-order valence-corrected chi connectivity index (χ4v) is 3.45. The summed E-state index contributed by atoms with van der Waals surface area (Å²) in [5.41, 5.74) is 2.78. The summed E-state index contributed by atoms with van der Waals surface area (Å²) in [6.07, 6.45) is 3.44. The van der Waals surface area contributed by atoms with Crippen LogP contribution >= 0.6 is 22.6 Å². The third-order valence-electron chi connectivity index (χ3n) is 3.97. The first-order valence-corrected chi connectivity index (χ1v) is 9.44. The van der Waals surface area contributed by atoms with Gasteiger partial charge in [0.2, 0.25) is 0 Å². The van der Waals surface area contributed by atoms with Crippen molar-refractivity contribution in [3.63, 3.8) is 0 Å². The van der Waals surface area contributed by atoms with E-state index in [2.05, 4.69) is 45.2 Å². The van der Waals surface area contributed by atoms with Gasteiger partial charge in [0.15, 0.2) is 11.5 Å². The Kier molecular flexibility index (Phi) is 6.21. The van der Waals surface area contributed by atoms with Crippen molar-refractivity contribution in [1.29, 1.82) is 5.26 Å². The van der Waals surface area contributed by atoms with Gasteiger partial charge in [0.1, 0.15) is 24.3 Å². The Morgan fingerprint density at radius 2 is 2.11 bits per heavy atom. The normalized spacial score (nSPS) is 11.1. The maximum Gasteiger partial charge on any atom is 0.174 e. The van der Waals surface area contributed by atoms with Crippen molar-refractivity contribution < 1.29 is 14.2 Å². The Hall–Kier alpha value is -2.99. The van der Waals surface area contributed by atoms with E-state index < -0.39 is 0 Å². The fraction of sp³-hybridized carbons (Fsp3) is 0.143. The molecule has 28 heavy (non-hydrogen) atoms. The molecule has 7 heteroatoms. The first-order chi connectivity index (χ1) is 13.6. The highest BCUT2D eigenvalue weighted by atomic mass is 127. The van der Waals surface area contributed by atoms with E-state index in [4.69, 9.17) is 14.2 Å². The van der Waals surface area contributed by atoms with Crippen molar-refractivity contribution in [1.82, 2.24) is 9.97 Å². The molecular weight excluding hydrogens is 469 g/mol. The Labute approximate surface area is 176 Å². The van der Waals surface area contributed by atoms with Crippen molar-refractivity contribution in [3.05, 3.63) is 57.9 Å². The van der Waals surface area contributed by atoms with E-state index >= 15 is 0 Å². The van der Waals surface area contributed by atoms with Crippen LogP contribution in [0.3, 0.4) is 0 Å². The summed E-state index contributed by atoms with van der Waals surface area (Å²) in [5, 5.41) is 9.66. The zero-order chi connectivity index (χ0) is 20.1. The molecule has 2 aromatic carbocycles. The minimum Gasteiger partial charge on any atom is -0.497 e. The summed E-state index contributed by atoms with van der Waals surface area (Å²) in [6, 6.07) is 11.5. The molecule has 0 atom stereocenters. The van der Waals surface area contributed by atoms with Crippen LogP contribution in [-0.4, -0.2) is 30.8 Å². The van der Waals surface area contributed by atoms with Crippen molar-refractivity contribution in [2.45, 2.75) is 0 Å². The van der Waals surface area contributed by atoms with Gasteiger partial charge in [0.25, 0.3) is 0 Å². The van der Waals surface area contributed by atoms with E-state index in [1.165, 1.54) is 0 Å². The first-order valence-electron chi connectivity index (χ1n) is 8.36. The van der Waals surface area contributed by atoms with Gasteiger partial charge >= 0.3 is 0 Å². The maximum atomic E-state index is 9.66. The Morgan fingerprint density at radius 3 is 2.79 bits per heavy atom. The van der Waals surface area contributed by atoms with Gasteiger partial charge in [0.05, 0.1) is 34.4 Å². The maximum absolute atomic E-state index is 9.66. The van der Waals surface area contributed by atoms with Crippen LogP contribution in [0.4, 0.5) is 0 Å². The quantitative estimate of drug-likeness (QED) is 0.294. The molecule has 3 rings (SSSR count). The molecule has 1 N–H and O–H groups in total. The number of H-pyrrole nitrogens is 1. The number of nitriles is 1. The summed E-state index contributed by atoms with van der Waals surface area (Å²) in [6.45, 7) is 4.04. The molecule has 0 spiro atoms. The predicted octanol–water partition coefficient (Wildman–Crippen LogP) is 4.81. The number of ether oxygens (including phenoxy) is 3. The number of aromatic nitrogens is 2. The van der Waals surface area contributed by atoms with Gasteiger partial charge in [0, 0.05) is 6.07 Å². The van der Waals surface area contributed by atoms with Gasteiger partial charge in [-0.05, 0) is 58.5 Å². The summed E-state index contributed by atoms with van der Waals surface area (Å²) >= 11 is 2.18. The average Bonchev–Trinajstić information content (AvgIpc) is 3.13. The lowest BCUT2D eigenvalue weighted by Gasteiger charge is -2.12. The van der Waals surface area contributed by atoms with Gasteiger partial charge in [-0.2, -0.15) is 5.26 Å². The lowest BCUT2D eigenvalue weighted by atomic mass is 10.1. The molecule has 1 aromatic heterocycles. The molecule has 0 aliphatic carbocycles. The van der Waals surface area contributed by atoms with Crippen molar-refractivity contribution in [3.8, 4) is 23.3 Å². The zero-order valence-electron chi connectivity index (χ0n) is 15.5. The molecule has 0 fully saturated rings. The van der Waals surface area contributed by atoms with Crippen LogP contribution in [0.25, 0.3) is 22.7 Å². The van der Waals surface area contributed by atoms with Gasteiger partial charge in [-0.15, -0.1) is 0 Å². The van der Waals surface area contributed by atoms with Crippen LogP contribution in [0.1, 0.15) is 11.4 Å². The number of imidazole rings is 1. The predicted molar refractivity (Wildman–Crippen MR) is 118 cm³/mol. The summed E-state index contributed by atoms with van der Waals surface area (Å²) < 4.78 is 17.2. The number of methoxy groups -OCH3 is 2. The van der Waals surface area contributed by atoms with Gasteiger partial charge in [-0.3, -0.25) is 0 Å². The van der Waals surface area contributed by atoms with Crippen LogP contribution in [-0.2, 0) is 0 Å². The molecular formula is C21H18IN3O3. The van der Waals surface area contributed by atoms with Crippen molar-refractivity contribution in [2.24, 2.45) is 0 Å². The topological polar surface area (TPSA) is 80.2 Å². The summed E-state index contributed by atoms with van der Waals surface area (Å²) in [5.74, 6) is 2.45. The number of benzene rings is 2. The largest absolute Gasteiger partial charge is 0.497 e. The highest BCUT2D eigenvalue weighted by Crippen LogP contribution is 2.35. The summed E-state index contributed by atoms with van der Waals surface area (Å²) in [7, 11) is 3.19. The zero-order valence-corrected chi connectivity index (χ0v) is 17.6. The lowest BCUT2D eigenvalue weighted by Crippen LogP contribution is -1.99. The molecule has 0 saturated carbocycles. The number of halogens is 1. The van der Waals surface area contributed by atoms with Crippen molar-refractivity contribution >= 4 is 45.3 Å². The summed E-state index contributed by atoms with van der Waals surface area (Å²) in [4.78, 5) is 7.68. The van der Waals surface area contributed by atoms with E-state index in [1.807, 2.05) is 30.3 Å². The standard InChI is InChI=1S/C21H18IN3O3/c1-4-7-28-20-16(22)9-13(10-19(20)27-3)8-14(12-23)21-24-17-6-5-15(26-2)11-18(17)25-21/h4-6,8-11H,1,7H2,2-3H3,(H,24,25)/b14-8+. The number of fused-ring (bicyclic) bond motifs is 1. The van der Waals surface area contributed by atoms with Crippen LogP contribution in [0, 0.1) is 14.9 Å². The lowest BCUT2D eigenvalue weighted by molar-refractivity contribution is 0.324. The molecule has 0 aliphatic heterocycles. The van der Waals surface area contributed by atoms with Gasteiger partial charge in [-0.1, -0.05) is 12.7 Å². The number of rotatable bonds is 7. The Balaban J connectivity index is 2.02. The second-order valence-corrected chi connectivity index (χ2v) is 6.93. The molecule has 0 amide bonds. The van der Waals surface area contributed by atoms with E-state index in [-0.39, 0.29) is 0 Å². The highest BCUT2D eigenvalue weighted by Gasteiger charge is 2.13.